The average Bonchev–Trinajstić information content (AvgIpc) is 2.15. The Bertz CT molecular complexity index is 488. The minimum atomic E-state index is -0.744. The molecule has 88 valence electrons. The zero-order valence-electron chi connectivity index (χ0n) is 8.98. The molecule has 3 N–H and O–H groups in total. The lowest BCUT2D eigenvalue weighted by molar-refractivity contribution is 0.0701. The van der Waals surface area contributed by atoms with E-state index >= 15 is 0 Å². The fraction of sp³-hybridized carbons (Fsp3) is 0.444. The van der Waals surface area contributed by atoms with E-state index in [0.717, 1.165) is 6.20 Å². The van der Waals surface area contributed by atoms with Crippen molar-refractivity contribution in [1.82, 2.24) is 14.9 Å². The average molecular weight is 227 g/mol. The Labute approximate surface area is 90.7 Å². The maximum atomic E-state index is 11.7. The summed E-state index contributed by atoms with van der Waals surface area (Å²) in [6, 6.07) is 0. The zero-order chi connectivity index (χ0) is 12.3. The Kier molecular flexibility index (Phi) is 3.62. The van der Waals surface area contributed by atoms with Crippen molar-refractivity contribution in [2.24, 2.45) is 0 Å². The van der Waals surface area contributed by atoms with Crippen molar-refractivity contribution in [1.29, 1.82) is 0 Å². The number of rotatable bonds is 3. The number of hydrogen-bond donors (Lipinski definition) is 3. The first-order valence-electron chi connectivity index (χ1n) is 4.67. The van der Waals surface area contributed by atoms with Crippen molar-refractivity contribution in [3.63, 3.8) is 0 Å². The molecule has 0 aliphatic rings. The molecule has 1 aromatic heterocycles. The van der Waals surface area contributed by atoms with Crippen LogP contribution in [0.4, 0.5) is 0 Å². The summed E-state index contributed by atoms with van der Waals surface area (Å²) in [6.07, 6.45) is 0.373. The fourth-order valence-electron chi connectivity index (χ4n) is 1.25. The Balaban J connectivity index is 2.97. The molecular formula is C9H13N3O4. The summed E-state index contributed by atoms with van der Waals surface area (Å²) in [4.78, 5) is 39.1. The minimum Gasteiger partial charge on any atom is -0.392 e. The molecule has 1 rings (SSSR count). The first-order chi connectivity index (χ1) is 7.41. The van der Waals surface area contributed by atoms with Gasteiger partial charge in [-0.25, -0.2) is 4.79 Å². The standard InChI is InChI=1S/C9H13N3O4/c1-5(13)4-12(2)8(15)6-3-10-9(16)11-7(6)14/h3,5,13H,4H2,1-2H3,(H2,10,11,14,16). The van der Waals surface area contributed by atoms with E-state index in [1.54, 1.807) is 0 Å². The number of carbonyl (C=O) groups is 1. The molecule has 0 bridgehead atoms. The van der Waals surface area contributed by atoms with Crippen molar-refractivity contribution in [2.45, 2.75) is 13.0 Å². The molecule has 7 heteroatoms. The van der Waals surface area contributed by atoms with Crippen molar-refractivity contribution < 1.29 is 9.90 Å². The monoisotopic (exact) mass is 227 g/mol. The Morgan fingerprint density at radius 3 is 2.69 bits per heavy atom. The second-order valence-corrected chi connectivity index (χ2v) is 3.52. The summed E-state index contributed by atoms with van der Waals surface area (Å²) in [5, 5.41) is 9.09. The Morgan fingerprint density at radius 2 is 2.19 bits per heavy atom. The molecule has 0 spiro atoms. The number of nitrogens with zero attached hydrogens (tertiary/aromatic N) is 1. The molecule has 0 fully saturated rings. The number of nitrogens with one attached hydrogen (secondary N) is 2. The van der Waals surface area contributed by atoms with Gasteiger partial charge in [0.25, 0.3) is 11.5 Å². The molecule has 0 saturated heterocycles. The molecule has 0 aliphatic carbocycles. The SMILES string of the molecule is CC(O)CN(C)C(=O)c1c[nH]c(=O)[nH]c1=O. The molecule has 0 aromatic carbocycles. The van der Waals surface area contributed by atoms with Crippen LogP contribution in [0, 0.1) is 0 Å². The fourth-order valence-corrected chi connectivity index (χ4v) is 1.25. The lowest BCUT2D eigenvalue weighted by Crippen LogP contribution is -2.37. The molecular weight excluding hydrogens is 214 g/mol. The molecule has 0 aliphatic heterocycles. The van der Waals surface area contributed by atoms with E-state index in [9.17, 15) is 14.4 Å². The largest absolute Gasteiger partial charge is 0.392 e. The van der Waals surface area contributed by atoms with E-state index in [2.05, 4.69) is 4.98 Å². The number of carbonyl (C=O) groups excluding carboxylic acids is 1. The van der Waals surface area contributed by atoms with Gasteiger partial charge in [0, 0.05) is 19.8 Å². The van der Waals surface area contributed by atoms with Crippen molar-refractivity contribution >= 4 is 5.91 Å². The van der Waals surface area contributed by atoms with Gasteiger partial charge in [0.1, 0.15) is 5.56 Å². The van der Waals surface area contributed by atoms with Crippen LogP contribution in [0.5, 0.6) is 0 Å². The second-order valence-electron chi connectivity index (χ2n) is 3.52. The highest BCUT2D eigenvalue weighted by atomic mass is 16.3. The third-order valence-corrected chi connectivity index (χ3v) is 1.93. The van der Waals surface area contributed by atoms with Gasteiger partial charge in [0.15, 0.2) is 0 Å². The quantitative estimate of drug-likeness (QED) is 0.585. The van der Waals surface area contributed by atoms with Crippen LogP contribution >= 0.6 is 0 Å². The van der Waals surface area contributed by atoms with Gasteiger partial charge >= 0.3 is 5.69 Å². The van der Waals surface area contributed by atoms with Crippen LogP contribution in [0.15, 0.2) is 15.8 Å². The first kappa shape index (κ1) is 12.2. The van der Waals surface area contributed by atoms with Crippen molar-refractivity contribution in [3.05, 3.63) is 32.6 Å². The van der Waals surface area contributed by atoms with E-state index in [1.165, 1.54) is 18.9 Å². The summed E-state index contributed by atoms with van der Waals surface area (Å²) in [5.41, 5.74) is -1.58. The van der Waals surface area contributed by atoms with Gasteiger partial charge < -0.3 is 15.0 Å². The lowest BCUT2D eigenvalue weighted by atomic mass is 10.3. The molecule has 1 heterocycles. The number of likely N-dealkylation sites (N-methyl/N-ethyl adjacent to an activating group) is 1. The van der Waals surface area contributed by atoms with Crippen LogP contribution in [0.1, 0.15) is 17.3 Å². The molecule has 16 heavy (non-hydrogen) atoms. The Morgan fingerprint density at radius 1 is 1.56 bits per heavy atom. The smallest absolute Gasteiger partial charge is 0.325 e. The van der Waals surface area contributed by atoms with E-state index in [4.69, 9.17) is 5.11 Å². The molecule has 1 atom stereocenters. The highest BCUT2D eigenvalue weighted by molar-refractivity contribution is 5.93. The van der Waals surface area contributed by atoms with Gasteiger partial charge in [0.2, 0.25) is 0 Å². The molecule has 7 nitrogen and oxygen atoms in total. The van der Waals surface area contributed by atoms with E-state index < -0.39 is 23.3 Å². The van der Waals surface area contributed by atoms with Crippen molar-refractivity contribution in [2.75, 3.05) is 13.6 Å². The van der Waals surface area contributed by atoms with Gasteiger partial charge in [-0.05, 0) is 6.92 Å². The number of H-pyrrole nitrogens is 2. The molecule has 0 radical (unpaired) electrons. The zero-order valence-corrected chi connectivity index (χ0v) is 8.98. The van der Waals surface area contributed by atoms with Crippen LogP contribution in [-0.2, 0) is 0 Å². The number of hydrogen-bond acceptors (Lipinski definition) is 4. The highest BCUT2D eigenvalue weighted by Gasteiger charge is 2.16. The topological polar surface area (TPSA) is 106 Å². The van der Waals surface area contributed by atoms with Gasteiger partial charge in [-0.3, -0.25) is 14.6 Å². The molecule has 1 aromatic rings. The summed E-state index contributed by atoms with van der Waals surface area (Å²) < 4.78 is 0. The van der Waals surface area contributed by atoms with Crippen LogP contribution in [0.25, 0.3) is 0 Å². The summed E-state index contributed by atoms with van der Waals surface area (Å²) in [5.74, 6) is -0.557. The maximum Gasteiger partial charge on any atom is 0.325 e. The molecule has 0 saturated carbocycles. The van der Waals surface area contributed by atoms with E-state index in [-0.39, 0.29) is 12.1 Å². The summed E-state index contributed by atoms with van der Waals surface area (Å²) in [7, 11) is 1.46. The van der Waals surface area contributed by atoms with Crippen LogP contribution in [0.2, 0.25) is 0 Å². The maximum absolute atomic E-state index is 11.7. The third-order valence-electron chi connectivity index (χ3n) is 1.93. The minimum absolute atomic E-state index is 0.109. The second kappa shape index (κ2) is 4.75. The number of aliphatic hydroxyl groups is 1. The van der Waals surface area contributed by atoms with E-state index in [1.807, 2.05) is 4.98 Å². The summed E-state index contributed by atoms with van der Waals surface area (Å²) in [6.45, 7) is 1.64. The summed E-state index contributed by atoms with van der Waals surface area (Å²) >= 11 is 0. The van der Waals surface area contributed by atoms with Gasteiger partial charge in [-0.2, -0.15) is 0 Å². The predicted octanol–water partition coefficient (Wildman–Crippen LogP) is -1.48. The normalized spacial score (nSPS) is 12.2. The van der Waals surface area contributed by atoms with Crippen LogP contribution < -0.4 is 11.2 Å². The van der Waals surface area contributed by atoms with Gasteiger partial charge in [0.05, 0.1) is 6.10 Å². The number of amides is 1. The van der Waals surface area contributed by atoms with Gasteiger partial charge in [-0.15, -0.1) is 0 Å². The number of aromatic nitrogens is 2. The van der Waals surface area contributed by atoms with Gasteiger partial charge in [-0.1, -0.05) is 0 Å². The predicted molar refractivity (Wildman–Crippen MR) is 56.3 cm³/mol. The molecule has 1 amide bonds. The Hall–Kier alpha value is -1.89. The van der Waals surface area contributed by atoms with Crippen LogP contribution in [0.3, 0.4) is 0 Å². The first-order valence-corrected chi connectivity index (χ1v) is 4.67. The number of aromatic amines is 2. The number of aliphatic hydroxyl groups excluding tert-OH is 1. The van der Waals surface area contributed by atoms with Crippen LogP contribution in [-0.4, -0.2) is 45.6 Å². The van der Waals surface area contributed by atoms with Crippen molar-refractivity contribution in [3.8, 4) is 0 Å². The lowest BCUT2D eigenvalue weighted by Gasteiger charge is -2.17. The highest BCUT2D eigenvalue weighted by Crippen LogP contribution is 1.96. The van der Waals surface area contributed by atoms with E-state index in [0.29, 0.717) is 0 Å². The molecule has 1 unspecified atom stereocenters. The third kappa shape index (κ3) is 2.80.